The molecule has 1 aliphatic rings. The lowest BCUT2D eigenvalue weighted by Crippen LogP contribution is -2.45. The van der Waals surface area contributed by atoms with Crippen molar-refractivity contribution in [2.45, 2.75) is 51.0 Å². The van der Waals surface area contributed by atoms with E-state index in [1.54, 1.807) is 0 Å². The van der Waals surface area contributed by atoms with E-state index in [1.807, 2.05) is 26.0 Å². The van der Waals surface area contributed by atoms with Crippen molar-refractivity contribution < 1.29 is 12.8 Å². The molecular weight excluding hydrogens is 480 g/mol. The van der Waals surface area contributed by atoms with Gasteiger partial charge in [-0.15, -0.1) is 24.0 Å². The van der Waals surface area contributed by atoms with E-state index in [9.17, 15) is 12.8 Å². The predicted octanol–water partition coefficient (Wildman–Crippen LogP) is 3.24. The third-order valence-electron chi connectivity index (χ3n) is 4.96. The zero-order valence-electron chi connectivity index (χ0n) is 16.3. The largest absolute Gasteiger partial charge is 0.357 e. The van der Waals surface area contributed by atoms with Crippen LogP contribution < -0.4 is 10.6 Å². The van der Waals surface area contributed by atoms with Crippen molar-refractivity contribution >= 4 is 39.8 Å². The first-order chi connectivity index (χ1) is 12.2. The fourth-order valence-electron chi connectivity index (χ4n) is 3.19. The van der Waals surface area contributed by atoms with Gasteiger partial charge in [0.15, 0.2) is 5.96 Å². The van der Waals surface area contributed by atoms with Crippen molar-refractivity contribution in [1.29, 1.82) is 0 Å². The summed E-state index contributed by atoms with van der Waals surface area (Å²) in [5, 5.41) is 6.51. The van der Waals surface area contributed by atoms with Gasteiger partial charge in [-0.25, -0.2) is 12.8 Å². The zero-order valence-corrected chi connectivity index (χ0v) is 19.4. The minimum absolute atomic E-state index is 0. The average Bonchev–Trinajstić information content (AvgIpc) is 2.53. The van der Waals surface area contributed by atoms with Crippen molar-refractivity contribution in [3.63, 3.8) is 0 Å². The number of nitrogens with zero attached hydrogens (tertiary/aromatic N) is 1. The smallest absolute Gasteiger partial charge is 0.191 e. The van der Waals surface area contributed by atoms with Gasteiger partial charge in [0, 0.05) is 24.3 Å². The van der Waals surface area contributed by atoms with Crippen molar-refractivity contribution in [3.8, 4) is 0 Å². The van der Waals surface area contributed by atoms with Crippen molar-refractivity contribution in [2.24, 2.45) is 4.99 Å². The molecule has 0 aliphatic heterocycles. The Kier molecular flexibility index (Phi) is 9.47. The molecule has 1 aromatic carbocycles. The highest BCUT2D eigenvalue weighted by Gasteiger charge is 2.38. The lowest BCUT2D eigenvalue weighted by molar-refractivity contribution is 0.253. The van der Waals surface area contributed by atoms with Gasteiger partial charge in [-0.05, 0) is 50.8 Å². The van der Waals surface area contributed by atoms with Crippen LogP contribution in [0.25, 0.3) is 0 Å². The summed E-state index contributed by atoms with van der Waals surface area (Å²) in [6, 6.07) is 6.75. The van der Waals surface area contributed by atoms with E-state index in [1.165, 1.54) is 18.4 Å². The molecule has 8 heteroatoms. The molecule has 1 unspecified atom stereocenters. The van der Waals surface area contributed by atoms with Crippen LogP contribution in [0.2, 0.25) is 0 Å². The standard InChI is InChI=1S/C19H30FN3O2S.HI/c1-4-21-18(23-15(2)10-13-26(3,24)25)22-14-19(11-5-12-19)16-6-8-17(20)9-7-16;/h6-9,15H,4-5,10-14H2,1-3H3,(H2,21,22,23);1H. The van der Waals surface area contributed by atoms with Gasteiger partial charge in [-0.3, -0.25) is 4.99 Å². The molecule has 0 spiro atoms. The maximum Gasteiger partial charge on any atom is 0.191 e. The van der Waals surface area contributed by atoms with Crippen LogP contribution in [0.5, 0.6) is 0 Å². The van der Waals surface area contributed by atoms with Crippen LogP contribution in [0, 0.1) is 5.82 Å². The third-order valence-corrected chi connectivity index (χ3v) is 5.93. The molecule has 1 saturated carbocycles. The molecule has 0 aromatic heterocycles. The first kappa shape index (κ1) is 24.1. The number of hydrogen-bond donors (Lipinski definition) is 2. The molecule has 0 heterocycles. The normalized spacial score (nSPS) is 17.4. The second-order valence-corrected chi connectivity index (χ2v) is 9.56. The molecule has 0 radical (unpaired) electrons. The topological polar surface area (TPSA) is 70.6 Å². The monoisotopic (exact) mass is 511 g/mol. The van der Waals surface area contributed by atoms with Gasteiger partial charge in [0.25, 0.3) is 0 Å². The Morgan fingerprint density at radius 1 is 1.30 bits per heavy atom. The fraction of sp³-hybridized carbons (Fsp3) is 0.632. The number of aliphatic imine (C=N–C) groups is 1. The van der Waals surface area contributed by atoms with Crippen LogP contribution in [-0.2, 0) is 15.3 Å². The number of benzene rings is 1. The highest BCUT2D eigenvalue weighted by molar-refractivity contribution is 14.0. The van der Waals surface area contributed by atoms with Crippen LogP contribution in [0.15, 0.2) is 29.3 Å². The molecule has 154 valence electrons. The highest BCUT2D eigenvalue weighted by atomic mass is 127. The number of hydrogen-bond acceptors (Lipinski definition) is 3. The summed E-state index contributed by atoms with van der Waals surface area (Å²) in [6.45, 7) is 5.32. The van der Waals surface area contributed by atoms with Gasteiger partial charge in [-0.2, -0.15) is 0 Å². The van der Waals surface area contributed by atoms with Gasteiger partial charge in [-0.1, -0.05) is 18.6 Å². The van der Waals surface area contributed by atoms with Gasteiger partial charge >= 0.3 is 0 Å². The number of guanidine groups is 1. The van der Waals surface area contributed by atoms with E-state index in [0.29, 0.717) is 18.9 Å². The molecule has 2 rings (SSSR count). The first-order valence-corrected chi connectivity index (χ1v) is 11.3. The van der Waals surface area contributed by atoms with Crippen LogP contribution >= 0.6 is 24.0 Å². The first-order valence-electron chi connectivity index (χ1n) is 9.23. The summed E-state index contributed by atoms with van der Waals surface area (Å²) in [6.07, 6.45) is 5.03. The Morgan fingerprint density at radius 2 is 1.93 bits per heavy atom. The molecule has 5 nitrogen and oxygen atoms in total. The molecule has 1 aliphatic carbocycles. The van der Waals surface area contributed by atoms with E-state index in [2.05, 4.69) is 10.6 Å². The second kappa shape index (κ2) is 10.6. The molecule has 1 aromatic rings. The van der Waals surface area contributed by atoms with E-state index in [4.69, 9.17) is 4.99 Å². The van der Waals surface area contributed by atoms with E-state index >= 15 is 0 Å². The Labute approximate surface area is 179 Å². The number of halogens is 2. The average molecular weight is 511 g/mol. The number of rotatable bonds is 8. The second-order valence-electron chi connectivity index (χ2n) is 7.30. The molecule has 0 saturated heterocycles. The minimum atomic E-state index is -2.97. The molecule has 27 heavy (non-hydrogen) atoms. The summed E-state index contributed by atoms with van der Waals surface area (Å²) in [5.74, 6) is 0.628. The van der Waals surface area contributed by atoms with Crippen LogP contribution in [0.1, 0.15) is 45.1 Å². The predicted molar refractivity (Wildman–Crippen MR) is 120 cm³/mol. The maximum absolute atomic E-state index is 13.2. The summed E-state index contributed by atoms with van der Waals surface area (Å²) in [7, 11) is -2.97. The van der Waals surface area contributed by atoms with Gasteiger partial charge in [0.1, 0.15) is 15.7 Å². The molecular formula is C19H31FIN3O2S. The maximum atomic E-state index is 13.2. The fourth-order valence-corrected chi connectivity index (χ4v) is 3.97. The summed E-state index contributed by atoms with van der Waals surface area (Å²) >= 11 is 0. The Balaban J connectivity index is 0.00000364. The van der Waals surface area contributed by atoms with E-state index in [0.717, 1.165) is 31.4 Å². The summed E-state index contributed by atoms with van der Waals surface area (Å²) in [5.41, 5.74) is 1.11. The van der Waals surface area contributed by atoms with Crippen molar-refractivity contribution in [3.05, 3.63) is 35.6 Å². The highest BCUT2D eigenvalue weighted by Crippen LogP contribution is 2.44. The van der Waals surface area contributed by atoms with Crippen molar-refractivity contribution in [1.82, 2.24) is 10.6 Å². The lowest BCUT2D eigenvalue weighted by Gasteiger charge is -2.41. The van der Waals surface area contributed by atoms with Crippen molar-refractivity contribution in [2.75, 3.05) is 25.1 Å². The van der Waals surface area contributed by atoms with Gasteiger partial charge in [0.05, 0.1) is 12.3 Å². The van der Waals surface area contributed by atoms with E-state index < -0.39 is 9.84 Å². The van der Waals surface area contributed by atoms with Crippen LogP contribution in [0.3, 0.4) is 0 Å². The molecule has 1 fully saturated rings. The Bertz CT molecular complexity index is 719. The minimum Gasteiger partial charge on any atom is -0.357 e. The third kappa shape index (κ3) is 7.56. The molecule has 0 bridgehead atoms. The Morgan fingerprint density at radius 3 is 2.41 bits per heavy atom. The lowest BCUT2D eigenvalue weighted by atomic mass is 9.64. The van der Waals surface area contributed by atoms with E-state index in [-0.39, 0.29) is 47.0 Å². The number of nitrogens with one attached hydrogen (secondary N) is 2. The summed E-state index contributed by atoms with van der Waals surface area (Å²) < 4.78 is 35.9. The molecule has 2 N–H and O–H groups in total. The van der Waals surface area contributed by atoms with Gasteiger partial charge < -0.3 is 10.6 Å². The van der Waals surface area contributed by atoms with Gasteiger partial charge in [0.2, 0.25) is 0 Å². The number of sulfone groups is 1. The quantitative estimate of drug-likeness (QED) is 0.320. The SMILES string of the molecule is CCNC(=NCC1(c2ccc(F)cc2)CCC1)NC(C)CCS(C)(=O)=O.I. The van der Waals surface area contributed by atoms with Crippen LogP contribution in [-0.4, -0.2) is 45.5 Å². The Hall–Kier alpha value is -0.900. The molecule has 0 amide bonds. The van der Waals surface area contributed by atoms with Crippen LogP contribution in [0.4, 0.5) is 4.39 Å². The molecule has 1 atom stereocenters. The zero-order chi connectivity index (χ0) is 19.2. The summed E-state index contributed by atoms with van der Waals surface area (Å²) in [4.78, 5) is 4.74.